The highest BCUT2D eigenvalue weighted by Gasteiger charge is 2.40. The predicted octanol–water partition coefficient (Wildman–Crippen LogP) is 6.39. The highest BCUT2D eigenvalue weighted by Crippen LogP contribution is 2.47. The molecule has 90 heavy (non-hydrogen) atoms. The molecule has 0 saturated carbocycles. The molecule has 36 heteroatoms. The molecule has 0 spiro atoms. The molecule has 14 N–H and O–H groups in total. The average Bonchev–Trinajstić information content (AvgIpc) is 0.740. The SMILES string of the molecule is Cc1c(Nc2nc(F)nc(NCCNc3nc(F)nc(Nc4c(C)c(Nc5cc(S(=O)(=O)O)c(N)c6c5C(=O)c5ccccc5C6=O)c(C)c(S(=O)(=O)O)c4C)n3)n2)c(C)c(S(=O)(=O)O)c(C)c1Nc1cc(S(=O)(=O)O)c(N)c2c1C(=O)c1ccccc1C2=O. The number of rotatable bonds is 17. The van der Waals surface area contributed by atoms with E-state index in [2.05, 4.69) is 61.8 Å². The Balaban J connectivity index is 0.920. The fraction of sp³-hybridized carbons (Fsp3) is 0.148. The van der Waals surface area contributed by atoms with Gasteiger partial charge in [0.2, 0.25) is 23.8 Å². The van der Waals surface area contributed by atoms with E-state index < -0.39 is 164 Å². The number of carbonyl (C=O) groups excluding carboxylic acids is 4. The van der Waals surface area contributed by atoms with Crippen molar-refractivity contribution in [1.29, 1.82) is 0 Å². The van der Waals surface area contributed by atoms with Gasteiger partial charge in [-0.1, -0.05) is 48.5 Å². The van der Waals surface area contributed by atoms with Gasteiger partial charge in [-0.15, -0.1) is 0 Å². The van der Waals surface area contributed by atoms with Crippen LogP contribution >= 0.6 is 0 Å². The van der Waals surface area contributed by atoms with Crippen molar-refractivity contribution in [3.8, 4) is 0 Å². The molecule has 0 radical (unpaired) electrons. The Morgan fingerprint density at radius 2 is 0.678 bits per heavy atom. The molecule has 0 saturated heterocycles. The molecule has 0 fully saturated rings. The fourth-order valence-electron chi connectivity index (χ4n) is 10.9. The Morgan fingerprint density at radius 3 is 0.967 bits per heavy atom. The number of fused-ring (bicyclic) bond motifs is 4. The number of ketones is 4. The summed E-state index contributed by atoms with van der Waals surface area (Å²) >= 11 is 0. The minimum Gasteiger partial charge on any atom is -0.397 e. The Kier molecular flexibility index (Phi) is 15.7. The van der Waals surface area contributed by atoms with Crippen LogP contribution in [0.15, 0.2) is 80.2 Å². The third kappa shape index (κ3) is 11.2. The molecule has 466 valence electrons. The Morgan fingerprint density at radius 1 is 0.400 bits per heavy atom. The lowest BCUT2D eigenvalue weighted by molar-refractivity contribution is 0.0980. The van der Waals surface area contributed by atoms with E-state index in [4.69, 9.17) is 11.5 Å². The van der Waals surface area contributed by atoms with E-state index in [1.165, 1.54) is 90.1 Å². The van der Waals surface area contributed by atoms with Crippen LogP contribution in [-0.2, 0) is 40.5 Å². The van der Waals surface area contributed by atoms with E-state index in [1.54, 1.807) is 0 Å². The van der Waals surface area contributed by atoms with Crippen LogP contribution in [0, 0.1) is 53.7 Å². The number of hydrogen-bond acceptors (Lipinski definition) is 26. The number of nitrogen functional groups attached to an aromatic ring is 2. The lowest BCUT2D eigenvalue weighted by Gasteiger charge is -2.26. The average molecular weight is 1310 g/mol. The molecule has 2 heterocycles. The molecule has 0 unspecified atom stereocenters. The van der Waals surface area contributed by atoms with Crippen LogP contribution < -0.4 is 43.4 Å². The molecule has 8 aromatic rings. The summed E-state index contributed by atoms with van der Waals surface area (Å²) in [6.07, 6.45) is -2.79. The summed E-state index contributed by atoms with van der Waals surface area (Å²) in [7, 11) is -20.8. The van der Waals surface area contributed by atoms with E-state index in [0.717, 1.165) is 12.1 Å². The highest BCUT2D eigenvalue weighted by molar-refractivity contribution is 7.86. The van der Waals surface area contributed by atoms with Crippen LogP contribution in [0.4, 0.5) is 78.1 Å². The molecule has 2 aromatic heterocycles. The lowest BCUT2D eigenvalue weighted by atomic mass is 9.82. The van der Waals surface area contributed by atoms with Crippen LogP contribution in [0.2, 0.25) is 0 Å². The fourth-order valence-corrected chi connectivity index (χ4v) is 14.2. The first-order chi connectivity index (χ1) is 42.0. The molecule has 0 amide bonds. The smallest absolute Gasteiger partial charge is 0.315 e. The maximum atomic E-state index is 15.3. The third-order valence-corrected chi connectivity index (χ3v) is 18.8. The Hall–Kier alpha value is -10.1. The molecule has 6 aromatic carbocycles. The van der Waals surface area contributed by atoms with Gasteiger partial charge in [0.15, 0.2) is 23.1 Å². The van der Waals surface area contributed by atoms with Crippen LogP contribution in [0.5, 0.6) is 0 Å². The number of nitrogens with zero attached hydrogens (tertiary/aromatic N) is 6. The number of halogens is 2. The van der Waals surface area contributed by atoms with E-state index in [9.17, 15) is 71.1 Å². The quantitative estimate of drug-likeness (QED) is 0.0267. The maximum absolute atomic E-state index is 15.3. The molecule has 10 rings (SSSR count). The van der Waals surface area contributed by atoms with E-state index in [0.29, 0.717) is 0 Å². The monoisotopic (exact) mass is 1310 g/mol. The molecule has 2 aliphatic rings. The molecular formula is C54H46F2N14O16S4. The number of nitrogens with one attached hydrogen (secondary N) is 6. The zero-order valence-corrected chi connectivity index (χ0v) is 50.4. The van der Waals surface area contributed by atoms with Gasteiger partial charge in [0.25, 0.3) is 40.5 Å². The second kappa shape index (κ2) is 22.5. The van der Waals surface area contributed by atoms with Gasteiger partial charge in [-0.2, -0.15) is 72.4 Å². The van der Waals surface area contributed by atoms with Gasteiger partial charge in [-0.25, -0.2) is 0 Å². The highest BCUT2D eigenvalue weighted by atomic mass is 32.2. The van der Waals surface area contributed by atoms with Gasteiger partial charge < -0.3 is 43.4 Å². The van der Waals surface area contributed by atoms with E-state index in [1.807, 2.05) is 0 Å². The summed E-state index contributed by atoms with van der Waals surface area (Å²) in [5.74, 6) is -5.45. The van der Waals surface area contributed by atoms with E-state index in [-0.39, 0.29) is 91.5 Å². The first-order valence-electron chi connectivity index (χ1n) is 25.9. The Labute approximate surface area is 508 Å². The van der Waals surface area contributed by atoms with Crippen LogP contribution in [0.3, 0.4) is 0 Å². The van der Waals surface area contributed by atoms with Gasteiger partial charge in [-0.3, -0.25) is 37.4 Å². The van der Waals surface area contributed by atoms with Crippen molar-refractivity contribution in [3.63, 3.8) is 0 Å². The van der Waals surface area contributed by atoms with Gasteiger partial charge in [-0.05, 0) is 87.1 Å². The minimum atomic E-state index is -5.21. The summed E-state index contributed by atoms with van der Waals surface area (Å²) in [6, 6.07) is 12.6. The van der Waals surface area contributed by atoms with Gasteiger partial charge in [0.1, 0.15) is 19.6 Å². The molecule has 0 aliphatic heterocycles. The van der Waals surface area contributed by atoms with Crippen molar-refractivity contribution in [3.05, 3.63) is 151 Å². The Bertz CT molecular complexity index is 4760. The number of aromatic nitrogens is 6. The van der Waals surface area contributed by atoms with Crippen molar-refractivity contribution < 1.29 is 79.8 Å². The standard InChI is InChI=1S/C54H46F2N14O16S4/c1-19-39(61-29-17-31(87(75,76)77)37(57)35-33(29)43(71)25-11-7-9-13-27(25)45(35)73)21(3)47(89(81,82)83)23(5)41(19)63-53-67-49(55)65-51(69-53)59-15-16-60-52-66-50(56)68-54(70-52)64-42-20(2)40(22(4)48(24(42)6)90(84,85)86)62-30-18-32(88(78,79)80)38(58)36-34(30)44(72)26-12-8-10-14-28(26)46(36)74/h7-14,17-18,61-62H,15-16,57-58H2,1-6H3,(H,75,76,77)(H,78,79,80)(H,81,82,83)(H,84,85,86)(H2,59,63,65,67,69)(H2,60,64,66,68,70). The number of anilines is 12. The third-order valence-electron chi connectivity index (χ3n) is 14.7. The van der Waals surface area contributed by atoms with Crippen LogP contribution in [0.25, 0.3) is 0 Å². The number of nitrogens with two attached hydrogens (primary N) is 2. The van der Waals surface area contributed by atoms with Crippen molar-refractivity contribution in [2.24, 2.45) is 0 Å². The van der Waals surface area contributed by atoms with Gasteiger partial charge in [0.05, 0.1) is 56.4 Å². The number of benzene rings is 6. The molecule has 2 aliphatic carbocycles. The zero-order chi connectivity index (χ0) is 65.8. The summed E-state index contributed by atoms with van der Waals surface area (Å²) < 4.78 is 175. The summed E-state index contributed by atoms with van der Waals surface area (Å²) in [4.78, 5) is 75.4. The molecular weight excluding hydrogens is 1270 g/mol. The van der Waals surface area contributed by atoms with Crippen LogP contribution in [-0.4, -0.2) is 118 Å². The summed E-state index contributed by atoms with van der Waals surface area (Å²) in [5, 5.41) is 16.4. The normalized spacial score (nSPS) is 13.1. The summed E-state index contributed by atoms with van der Waals surface area (Å²) in [5.41, 5.74) is 5.81. The van der Waals surface area contributed by atoms with Crippen molar-refractivity contribution in [1.82, 2.24) is 29.9 Å². The first-order valence-corrected chi connectivity index (χ1v) is 31.6. The first kappa shape index (κ1) is 63.0. The second-order valence-corrected chi connectivity index (χ2v) is 25.7. The number of hydrogen-bond donors (Lipinski definition) is 12. The molecule has 0 bridgehead atoms. The lowest BCUT2D eigenvalue weighted by Crippen LogP contribution is -2.25. The second-order valence-electron chi connectivity index (χ2n) is 20.2. The predicted molar refractivity (Wildman–Crippen MR) is 319 cm³/mol. The largest absolute Gasteiger partial charge is 0.397 e. The minimum absolute atomic E-state index is 0.0458. The zero-order valence-electron chi connectivity index (χ0n) is 47.1. The van der Waals surface area contributed by atoms with Crippen LogP contribution in [0.1, 0.15) is 97.1 Å². The number of carbonyl (C=O) groups is 4. The maximum Gasteiger partial charge on any atom is 0.315 e. The molecule has 0 atom stereocenters. The van der Waals surface area contributed by atoms with Crippen molar-refractivity contribution in [2.75, 3.05) is 56.5 Å². The van der Waals surface area contributed by atoms with Crippen molar-refractivity contribution in [2.45, 2.75) is 61.1 Å². The molecule has 30 nitrogen and oxygen atoms in total. The van der Waals surface area contributed by atoms with Gasteiger partial charge >= 0.3 is 12.2 Å². The van der Waals surface area contributed by atoms with E-state index >= 15 is 8.78 Å². The topological polar surface area (TPSA) is 487 Å². The van der Waals surface area contributed by atoms with Gasteiger partial charge in [0, 0.05) is 46.7 Å². The summed E-state index contributed by atoms with van der Waals surface area (Å²) in [6.45, 7) is 7.32. The van der Waals surface area contributed by atoms with Crippen molar-refractivity contribution >= 4 is 133 Å².